The summed E-state index contributed by atoms with van der Waals surface area (Å²) in [6, 6.07) is 6.72. The SMILES string of the molecule is C[N+](C)(C)c1ccc2[nH]cc(C3=CCNCC3)c2c1. The summed E-state index contributed by atoms with van der Waals surface area (Å²) in [6.45, 7) is 2.06. The Labute approximate surface area is 114 Å². The zero-order valence-corrected chi connectivity index (χ0v) is 12.0. The molecule has 0 saturated carbocycles. The summed E-state index contributed by atoms with van der Waals surface area (Å²) >= 11 is 0. The van der Waals surface area contributed by atoms with Gasteiger partial charge in [0.25, 0.3) is 0 Å². The lowest BCUT2D eigenvalue weighted by Gasteiger charge is -2.23. The van der Waals surface area contributed by atoms with Crippen molar-refractivity contribution in [1.29, 1.82) is 0 Å². The van der Waals surface area contributed by atoms with Crippen LogP contribution in [0.3, 0.4) is 0 Å². The average molecular weight is 256 g/mol. The molecular weight excluding hydrogens is 234 g/mol. The van der Waals surface area contributed by atoms with Crippen molar-refractivity contribution >= 4 is 22.2 Å². The van der Waals surface area contributed by atoms with Gasteiger partial charge in [0.05, 0.1) is 21.1 Å². The molecule has 0 fully saturated rings. The second-order valence-corrected chi connectivity index (χ2v) is 6.13. The monoisotopic (exact) mass is 256 g/mol. The minimum Gasteiger partial charge on any atom is -0.361 e. The van der Waals surface area contributed by atoms with Crippen LogP contribution in [0.15, 0.2) is 30.5 Å². The Bertz CT molecular complexity index is 629. The molecule has 3 heteroatoms. The van der Waals surface area contributed by atoms with Crippen LogP contribution in [-0.4, -0.2) is 39.2 Å². The van der Waals surface area contributed by atoms with Crippen molar-refractivity contribution in [2.24, 2.45) is 0 Å². The predicted octanol–water partition coefficient (Wildman–Crippen LogP) is 2.74. The van der Waals surface area contributed by atoms with Gasteiger partial charge >= 0.3 is 0 Å². The molecule has 0 bridgehead atoms. The van der Waals surface area contributed by atoms with Crippen LogP contribution in [0.1, 0.15) is 12.0 Å². The van der Waals surface area contributed by atoms with E-state index in [2.05, 4.69) is 61.9 Å². The minimum atomic E-state index is 0.848. The molecule has 0 atom stereocenters. The maximum Gasteiger partial charge on any atom is 0.132 e. The predicted molar refractivity (Wildman–Crippen MR) is 83.3 cm³/mol. The number of rotatable bonds is 2. The first-order chi connectivity index (χ1) is 9.05. The number of quaternary nitrogens is 1. The second kappa shape index (κ2) is 4.51. The van der Waals surface area contributed by atoms with Crippen molar-refractivity contribution in [3.05, 3.63) is 36.0 Å². The Balaban J connectivity index is 2.13. The van der Waals surface area contributed by atoms with E-state index in [0.29, 0.717) is 0 Å². The molecule has 3 rings (SSSR count). The minimum absolute atomic E-state index is 0.848. The van der Waals surface area contributed by atoms with Gasteiger partial charge in [-0.05, 0) is 24.6 Å². The molecule has 1 aliphatic heterocycles. The molecule has 19 heavy (non-hydrogen) atoms. The summed E-state index contributed by atoms with van der Waals surface area (Å²) in [5.41, 5.74) is 5.39. The first-order valence-electron chi connectivity index (χ1n) is 6.89. The van der Waals surface area contributed by atoms with Gasteiger partial charge in [-0.15, -0.1) is 0 Å². The zero-order chi connectivity index (χ0) is 13.5. The fourth-order valence-corrected chi connectivity index (χ4v) is 2.66. The molecule has 1 aromatic heterocycles. The normalized spacial score (nSPS) is 16.7. The van der Waals surface area contributed by atoms with Crippen molar-refractivity contribution in [2.75, 3.05) is 34.2 Å². The van der Waals surface area contributed by atoms with E-state index < -0.39 is 0 Å². The largest absolute Gasteiger partial charge is 0.361 e. The number of nitrogens with one attached hydrogen (secondary N) is 2. The number of hydrogen-bond donors (Lipinski definition) is 2. The van der Waals surface area contributed by atoms with Crippen LogP contribution < -0.4 is 9.80 Å². The van der Waals surface area contributed by atoms with Gasteiger partial charge in [0.2, 0.25) is 0 Å². The van der Waals surface area contributed by atoms with Gasteiger partial charge in [-0.1, -0.05) is 6.08 Å². The average Bonchev–Trinajstić information content (AvgIpc) is 2.81. The third-order valence-corrected chi connectivity index (χ3v) is 3.85. The van der Waals surface area contributed by atoms with E-state index in [1.807, 2.05) is 0 Å². The highest BCUT2D eigenvalue weighted by atomic mass is 15.3. The Morgan fingerprint density at radius 2 is 2.00 bits per heavy atom. The van der Waals surface area contributed by atoms with Gasteiger partial charge < -0.3 is 10.3 Å². The van der Waals surface area contributed by atoms with Crippen molar-refractivity contribution in [1.82, 2.24) is 14.8 Å². The third-order valence-electron chi connectivity index (χ3n) is 3.85. The lowest BCUT2D eigenvalue weighted by Crippen LogP contribution is -2.34. The molecule has 0 aliphatic carbocycles. The highest BCUT2D eigenvalue weighted by molar-refractivity contribution is 5.94. The molecule has 2 aromatic rings. The number of fused-ring (bicyclic) bond motifs is 1. The second-order valence-electron chi connectivity index (χ2n) is 6.13. The Morgan fingerprint density at radius 3 is 2.68 bits per heavy atom. The summed E-state index contributed by atoms with van der Waals surface area (Å²) in [5.74, 6) is 0. The van der Waals surface area contributed by atoms with E-state index in [0.717, 1.165) is 24.0 Å². The number of aromatic amines is 1. The smallest absolute Gasteiger partial charge is 0.132 e. The van der Waals surface area contributed by atoms with E-state index >= 15 is 0 Å². The molecule has 100 valence electrons. The summed E-state index contributed by atoms with van der Waals surface area (Å²) in [4.78, 5) is 3.40. The van der Waals surface area contributed by atoms with Crippen LogP contribution in [0.25, 0.3) is 16.5 Å². The summed E-state index contributed by atoms with van der Waals surface area (Å²) in [7, 11) is 6.62. The van der Waals surface area contributed by atoms with Crippen LogP contribution in [0.4, 0.5) is 5.69 Å². The topological polar surface area (TPSA) is 27.8 Å². The first kappa shape index (κ1) is 12.5. The van der Waals surface area contributed by atoms with Crippen LogP contribution in [0.5, 0.6) is 0 Å². The third kappa shape index (κ3) is 2.31. The quantitative estimate of drug-likeness (QED) is 0.795. The number of benzene rings is 1. The molecule has 3 nitrogen and oxygen atoms in total. The zero-order valence-electron chi connectivity index (χ0n) is 12.0. The summed E-state index contributed by atoms with van der Waals surface area (Å²) in [5, 5.41) is 4.72. The van der Waals surface area contributed by atoms with Gasteiger partial charge in [-0.2, -0.15) is 0 Å². The van der Waals surface area contributed by atoms with Crippen molar-refractivity contribution in [3.63, 3.8) is 0 Å². The Hall–Kier alpha value is -1.58. The number of aromatic nitrogens is 1. The van der Waals surface area contributed by atoms with Crippen LogP contribution in [-0.2, 0) is 0 Å². The summed E-state index contributed by atoms with van der Waals surface area (Å²) in [6.07, 6.45) is 5.58. The van der Waals surface area contributed by atoms with E-state index in [9.17, 15) is 0 Å². The Morgan fingerprint density at radius 1 is 1.16 bits per heavy atom. The number of hydrogen-bond acceptors (Lipinski definition) is 1. The highest BCUT2D eigenvalue weighted by Crippen LogP contribution is 2.31. The molecule has 1 aromatic carbocycles. The van der Waals surface area contributed by atoms with Gasteiger partial charge in [0.1, 0.15) is 5.69 Å². The molecular formula is C16H22N3+. The van der Waals surface area contributed by atoms with Gasteiger partial charge in [0, 0.05) is 41.3 Å². The molecule has 0 spiro atoms. The molecule has 2 N–H and O–H groups in total. The van der Waals surface area contributed by atoms with Crippen molar-refractivity contribution in [3.8, 4) is 0 Å². The fraction of sp³-hybridized carbons (Fsp3) is 0.375. The van der Waals surface area contributed by atoms with Gasteiger partial charge in [-0.25, -0.2) is 0 Å². The van der Waals surface area contributed by atoms with Gasteiger partial charge in [0.15, 0.2) is 0 Å². The van der Waals surface area contributed by atoms with E-state index in [1.54, 1.807) is 0 Å². The van der Waals surface area contributed by atoms with Crippen molar-refractivity contribution < 1.29 is 0 Å². The maximum atomic E-state index is 3.40. The van der Waals surface area contributed by atoms with Crippen LogP contribution >= 0.6 is 0 Å². The van der Waals surface area contributed by atoms with E-state index in [1.165, 1.54) is 27.7 Å². The highest BCUT2D eigenvalue weighted by Gasteiger charge is 2.16. The van der Waals surface area contributed by atoms with Crippen LogP contribution in [0, 0.1) is 0 Å². The standard InChI is InChI=1S/C16H22N3/c1-19(2,3)13-4-5-16-14(10-13)15(11-18-16)12-6-8-17-9-7-12/h4-6,10-11,17-18H,7-9H2,1-3H3/q+1. The molecule has 1 aliphatic rings. The molecule has 2 heterocycles. The maximum absolute atomic E-state index is 3.40. The lowest BCUT2D eigenvalue weighted by atomic mass is 9.99. The molecule has 0 radical (unpaired) electrons. The van der Waals surface area contributed by atoms with Gasteiger partial charge in [-0.3, -0.25) is 4.48 Å². The molecule has 0 saturated heterocycles. The molecule has 0 amide bonds. The lowest BCUT2D eigenvalue weighted by molar-refractivity contribution is 0.487. The molecule has 0 unspecified atom stereocenters. The Kier molecular flexibility index (Phi) is 2.96. The van der Waals surface area contributed by atoms with Crippen LogP contribution in [0.2, 0.25) is 0 Å². The van der Waals surface area contributed by atoms with Crippen molar-refractivity contribution in [2.45, 2.75) is 6.42 Å². The first-order valence-corrected chi connectivity index (χ1v) is 6.89. The fourth-order valence-electron chi connectivity index (χ4n) is 2.66. The summed E-state index contributed by atoms with van der Waals surface area (Å²) < 4.78 is 0.848. The van der Waals surface area contributed by atoms with E-state index in [-0.39, 0.29) is 0 Å². The van der Waals surface area contributed by atoms with E-state index in [4.69, 9.17) is 0 Å². The number of H-pyrrole nitrogens is 1. The number of nitrogens with zero attached hydrogens (tertiary/aromatic N) is 1.